The number of hydrogen-bond donors (Lipinski definition) is 0. The standard InChI is InChI=1S/C17H13Cl2NO3/c18-11-5-6-16(13(19)9-11)23-10-17(22)20-8-7-15(21)12-3-1-2-4-14(12)20/h1-6,9H,7-8,10H2. The Labute approximate surface area is 143 Å². The van der Waals surface area contributed by atoms with Gasteiger partial charge in [0.25, 0.3) is 5.91 Å². The second-order valence-corrected chi connectivity index (χ2v) is 5.94. The van der Waals surface area contributed by atoms with Crippen molar-refractivity contribution in [3.8, 4) is 5.75 Å². The second kappa shape index (κ2) is 6.60. The summed E-state index contributed by atoms with van der Waals surface area (Å²) in [5.74, 6) is 0.216. The molecule has 0 unspecified atom stereocenters. The zero-order valence-corrected chi connectivity index (χ0v) is 13.6. The van der Waals surface area contributed by atoms with Crippen molar-refractivity contribution in [1.82, 2.24) is 0 Å². The summed E-state index contributed by atoms with van der Waals surface area (Å²) in [6.45, 7) is 0.191. The largest absolute Gasteiger partial charge is 0.482 e. The Balaban J connectivity index is 1.74. The first kappa shape index (κ1) is 15.8. The van der Waals surface area contributed by atoms with Crippen molar-refractivity contribution in [2.75, 3.05) is 18.1 Å². The number of anilines is 1. The van der Waals surface area contributed by atoms with E-state index in [-0.39, 0.29) is 18.3 Å². The SMILES string of the molecule is O=C1CCN(C(=O)COc2ccc(Cl)cc2Cl)c2ccccc21. The minimum Gasteiger partial charge on any atom is -0.482 e. The van der Waals surface area contributed by atoms with Crippen molar-refractivity contribution in [3.05, 3.63) is 58.1 Å². The lowest BCUT2D eigenvalue weighted by atomic mass is 10.0. The summed E-state index contributed by atoms with van der Waals surface area (Å²) in [5.41, 5.74) is 1.19. The van der Waals surface area contributed by atoms with Crippen molar-refractivity contribution in [1.29, 1.82) is 0 Å². The van der Waals surface area contributed by atoms with Crippen LogP contribution in [0.15, 0.2) is 42.5 Å². The highest BCUT2D eigenvalue weighted by Crippen LogP contribution is 2.29. The van der Waals surface area contributed by atoms with E-state index in [2.05, 4.69) is 0 Å². The highest BCUT2D eigenvalue weighted by atomic mass is 35.5. The van der Waals surface area contributed by atoms with Crippen LogP contribution in [-0.2, 0) is 4.79 Å². The van der Waals surface area contributed by atoms with Gasteiger partial charge in [0.1, 0.15) is 5.75 Å². The molecule has 0 saturated heterocycles. The maximum Gasteiger partial charge on any atom is 0.264 e. The van der Waals surface area contributed by atoms with Crippen LogP contribution in [0.1, 0.15) is 16.8 Å². The summed E-state index contributed by atoms with van der Waals surface area (Å²) in [6.07, 6.45) is 0.310. The van der Waals surface area contributed by atoms with Gasteiger partial charge in [-0.05, 0) is 30.3 Å². The van der Waals surface area contributed by atoms with Crippen molar-refractivity contribution < 1.29 is 14.3 Å². The highest BCUT2D eigenvalue weighted by Gasteiger charge is 2.27. The van der Waals surface area contributed by atoms with E-state index in [1.165, 1.54) is 0 Å². The first-order valence-electron chi connectivity index (χ1n) is 7.06. The molecule has 6 heteroatoms. The third-order valence-electron chi connectivity index (χ3n) is 3.60. The number of amides is 1. The van der Waals surface area contributed by atoms with Gasteiger partial charge in [0.05, 0.1) is 10.7 Å². The van der Waals surface area contributed by atoms with Gasteiger partial charge in [-0.3, -0.25) is 9.59 Å². The van der Waals surface area contributed by atoms with Crippen LogP contribution in [0.4, 0.5) is 5.69 Å². The Morgan fingerprint density at radius 2 is 1.96 bits per heavy atom. The summed E-state index contributed by atoms with van der Waals surface area (Å²) in [5, 5.41) is 0.844. The van der Waals surface area contributed by atoms with Gasteiger partial charge in [-0.2, -0.15) is 0 Å². The lowest BCUT2D eigenvalue weighted by Crippen LogP contribution is -2.40. The Morgan fingerprint density at radius 1 is 1.17 bits per heavy atom. The molecular weight excluding hydrogens is 337 g/mol. The highest BCUT2D eigenvalue weighted by molar-refractivity contribution is 6.35. The average molecular weight is 350 g/mol. The van der Waals surface area contributed by atoms with E-state index in [9.17, 15) is 9.59 Å². The molecular formula is C17H13Cl2NO3. The number of ether oxygens (including phenoxy) is 1. The van der Waals surface area contributed by atoms with E-state index in [1.807, 2.05) is 0 Å². The molecule has 0 fully saturated rings. The van der Waals surface area contributed by atoms with Gasteiger partial charge in [0.2, 0.25) is 0 Å². The number of rotatable bonds is 3. The molecule has 0 saturated carbocycles. The molecule has 1 heterocycles. The lowest BCUT2D eigenvalue weighted by molar-refractivity contribution is -0.120. The van der Waals surface area contributed by atoms with Gasteiger partial charge in [0, 0.05) is 23.6 Å². The summed E-state index contributed by atoms with van der Waals surface area (Å²) in [4.78, 5) is 25.9. The van der Waals surface area contributed by atoms with Gasteiger partial charge in [0.15, 0.2) is 12.4 Å². The van der Waals surface area contributed by atoms with Gasteiger partial charge >= 0.3 is 0 Å². The van der Waals surface area contributed by atoms with Crippen molar-refractivity contribution in [3.63, 3.8) is 0 Å². The van der Waals surface area contributed by atoms with Crippen molar-refractivity contribution in [2.24, 2.45) is 0 Å². The molecule has 4 nitrogen and oxygen atoms in total. The molecule has 1 aliphatic rings. The average Bonchev–Trinajstić information content (AvgIpc) is 2.54. The number of carbonyl (C=O) groups excluding carboxylic acids is 2. The number of benzene rings is 2. The Bertz CT molecular complexity index is 776. The van der Waals surface area contributed by atoms with E-state index in [0.717, 1.165) is 0 Å². The van der Waals surface area contributed by atoms with Crippen LogP contribution in [-0.4, -0.2) is 24.8 Å². The Kier molecular flexibility index (Phi) is 4.55. The fraction of sp³-hybridized carbons (Fsp3) is 0.176. The maximum absolute atomic E-state index is 12.4. The van der Waals surface area contributed by atoms with Gasteiger partial charge in [-0.1, -0.05) is 35.3 Å². The number of para-hydroxylation sites is 1. The van der Waals surface area contributed by atoms with E-state index < -0.39 is 0 Å². The molecule has 0 radical (unpaired) electrons. The molecule has 0 atom stereocenters. The molecule has 2 aromatic rings. The normalized spacial score (nSPS) is 13.7. The molecule has 0 bridgehead atoms. The molecule has 2 aromatic carbocycles. The number of Topliss-reactive ketones (excluding diaryl/α,β-unsaturated/α-hetero) is 1. The number of nitrogens with zero attached hydrogens (tertiary/aromatic N) is 1. The van der Waals surface area contributed by atoms with Crippen molar-refractivity contribution >= 4 is 40.6 Å². The summed E-state index contributed by atoms with van der Waals surface area (Å²) in [6, 6.07) is 11.9. The zero-order valence-electron chi connectivity index (χ0n) is 12.1. The number of ketones is 1. The third kappa shape index (κ3) is 3.33. The van der Waals surface area contributed by atoms with E-state index in [0.29, 0.717) is 40.0 Å². The molecule has 23 heavy (non-hydrogen) atoms. The van der Waals surface area contributed by atoms with E-state index in [1.54, 1.807) is 47.4 Å². The number of halogens is 2. The maximum atomic E-state index is 12.4. The first-order valence-corrected chi connectivity index (χ1v) is 7.82. The summed E-state index contributed by atoms with van der Waals surface area (Å²) >= 11 is 11.8. The van der Waals surface area contributed by atoms with E-state index >= 15 is 0 Å². The lowest BCUT2D eigenvalue weighted by Gasteiger charge is -2.28. The van der Waals surface area contributed by atoms with Crippen LogP contribution >= 0.6 is 23.2 Å². The van der Waals surface area contributed by atoms with Crippen molar-refractivity contribution in [2.45, 2.75) is 6.42 Å². The van der Waals surface area contributed by atoms with Crippen LogP contribution in [0.3, 0.4) is 0 Å². The monoisotopic (exact) mass is 349 g/mol. The minimum atomic E-state index is -0.226. The minimum absolute atomic E-state index is 0.0475. The molecule has 1 amide bonds. The van der Waals surface area contributed by atoms with Gasteiger partial charge in [-0.15, -0.1) is 0 Å². The van der Waals surface area contributed by atoms with Gasteiger partial charge in [-0.25, -0.2) is 0 Å². The van der Waals surface area contributed by atoms with Crippen LogP contribution in [0.25, 0.3) is 0 Å². The third-order valence-corrected chi connectivity index (χ3v) is 4.13. The Morgan fingerprint density at radius 3 is 2.74 bits per heavy atom. The second-order valence-electron chi connectivity index (χ2n) is 5.10. The van der Waals surface area contributed by atoms with Crippen LogP contribution in [0.5, 0.6) is 5.75 Å². The molecule has 118 valence electrons. The Hall–Kier alpha value is -2.04. The molecule has 0 N–H and O–H groups in total. The molecule has 0 spiro atoms. The quantitative estimate of drug-likeness (QED) is 0.841. The zero-order chi connectivity index (χ0) is 16.4. The number of carbonyl (C=O) groups is 2. The van der Waals surface area contributed by atoms with E-state index in [4.69, 9.17) is 27.9 Å². The van der Waals surface area contributed by atoms with Crippen LogP contribution in [0.2, 0.25) is 10.0 Å². The fourth-order valence-corrected chi connectivity index (χ4v) is 2.95. The predicted molar refractivity (Wildman–Crippen MR) is 89.7 cm³/mol. The number of fused-ring (bicyclic) bond motifs is 1. The first-order chi connectivity index (χ1) is 11.1. The summed E-state index contributed by atoms with van der Waals surface area (Å²) < 4.78 is 5.48. The molecule has 0 aromatic heterocycles. The molecule has 3 rings (SSSR count). The molecule has 0 aliphatic carbocycles. The van der Waals surface area contributed by atoms with Crippen LogP contribution < -0.4 is 9.64 Å². The predicted octanol–water partition coefficient (Wildman–Crippen LogP) is 3.99. The number of hydrogen-bond acceptors (Lipinski definition) is 3. The molecule has 1 aliphatic heterocycles. The topological polar surface area (TPSA) is 46.6 Å². The summed E-state index contributed by atoms with van der Waals surface area (Å²) in [7, 11) is 0. The van der Waals surface area contributed by atoms with Gasteiger partial charge < -0.3 is 9.64 Å². The smallest absolute Gasteiger partial charge is 0.264 e. The van der Waals surface area contributed by atoms with Crippen LogP contribution in [0, 0.1) is 0 Å². The fourth-order valence-electron chi connectivity index (χ4n) is 2.48.